The molecule has 0 spiro atoms. The van der Waals surface area contributed by atoms with Gasteiger partial charge in [-0.3, -0.25) is 10.1 Å². The summed E-state index contributed by atoms with van der Waals surface area (Å²) in [5.41, 5.74) is 0.509. The highest BCUT2D eigenvalue weighted by Gasteiger charge is 2.43. The van der Waals surface area contributed by atoms with E-state index in [1.807, 2.05) is 30.3 Å². The fourth-order valence-corrected chi connectivity index (χ4v) is 4.91. The second-order valence-corrected chi connectivity index (χ2v) is 15.4. The number of carbonyl (C=O) groups is 1. The van der Waals surface area contributed by atoms with Gasteiger partial charge in [0.15, 0.2) is 19.9 Å². The van der Waals surface area contributed by atoms with Gasteiger partial charge in [0.25, 0.3) is 5.69 Å². The van der Waals surface area contributed by atoms with Crippen LogP contribution in [0.3, 0.4) is 0 Å². The van der Waals surface area contributed by atoms with Crippen molar-refractivity contribution in [1.82, 2.24) is 4.90 Å². The summed E-state index contributed by atoms with van der Waals surface area (Å²) in [6.07, 6.45) is -1.69. The fraction of sp³-hybridized carbons (Fsp3) is 0.500. The van der Waals surface area contributed by atoms with Crippen LogP contribution in [-0.4, -0.2) is 56.7 Å². The van der Waals surface area contributed by atoms with Crippen molar-refractivity contribution in [3.8, 4) is 5.75 Å². The standard InChI is InChI=1S/C26H35FN2O7Si/c1-26(2,3)37(5,6)36-23-17-33-16-22(23)35-24-19(12-20(29(31)32)13-21(24)27)14-28(4)25(30)34-15-18-10-8-7-9-11-18/h7-13,22-23H,14-17H2,1-6H3/t22-,23-/m1/s1. The molecule has 1 heterocycles. The van der Waals surface area contributed by atoms with E-state index in [1.54, 1.807) is 0 Å². The van der Waals surface area contributed by atoms with Crippen molar-refractivity contribution < 1.29 is 32.7 Å². The maximum atomic E-state index is 15.2. The van der Waals surface area contributed by atoms with E-state index in [0.29, 0.717) is 6.61 Å². The number of benzene rings is 2. The Morgan fingerprint density at radius 3 is 2.46 bits per heavy atom. The van der Waals surface area contributed by atoms with E-state index in [0.717, 1.165) is 11.6 Å². The van der Waals surface area contributed by atoms with E-state index < -0.39 is 43.0 Å². The van der Waals surface area contributed by atoms with Gasteiger partial charge >= 0.3 is 6.09 Å². The van der Waals surface area contributed by atoms with Crippen LogP contribution in [0, 0.1) is 15.9 Å². The van der Waals surface area contributed by atoms with Crippen molar-refractivity contribution in [2.45, 2.75) is 64.3 Å². The molecular formula is C26H35FN2O7Si. The molecule has 0 aliphatic carbocycles. The fourth-order valence-electron chi connectivity index (χ4n) is 3.58. The quantitative estimate of drug-likeness (QED) is 0.232. The molecule has 1 aliphatic rings. The maximum absolute atomic E-state index is 15.2. The minimum atomic E-state index is -2.17. The lowest BCUT2D eigenvalue weighted by molar-refractivity contribution is -0.385. The number of ether oxygens (including phenoxy) is 3. The van der Waals surface area contributed by atoms with Crippen LogP contribution < -0.4 is 4.74 Å². The molecule has 3 rings (SSSR count). The van der Waals surface area contributed by atoms with Gasteiger partial charge in [-0.05, 0) is 23.7 Å². The van der Waals surface area contributed by atoms with Crippen molar-refractivity contribution in [2.75, 3.05) is 20.3 Å². The largest absolute Gasteiger partial charge is 0.482 e. The van der Waals surface area contributed by atoms with Crippen LogP contribution in [0.1, 0.15) is 31.9 Å². The molecule has 11 heteroatoms. The minimum absolute atomic E-state index is 0.0489. The molecule has 2 atom stereocenters. The summed E-state index contributed by atoms with van der Waals surface area (Å²) in [6, 6.07) is 11.2. The molecule has 0 saturated carbocycles. The molecule has 202 valence electrons. The number of nitrogens with zero attached hydrogens (tertiary/aromatic N) is 2. The second kappa shape index (κ2) is 11.6. The molecule has 0 aromatic heterocycles. The lowest BCUT2D eigenvalue weighted by Gasteiger charge is -2.39. The number of amides is 1. The van der Waals surface area contributed by atoms with Gasteiger partial charge in [-0.2, -0.15) is 0 Å². The average Bonchev–Trinajstić information content (AvgIpc) is 3.25. The van der Waals surface area contributed by atoms with Crippen LogP contribution in [0.5, 0.6) is 5.75 Å². The number of non-ortho nitro benzene ring substituents is 1. The summed E-state index contributed by atoms with van der Waals surface area (Å²) >= 11 is 0. The third-order valence-corrected chi connectivity index (χ3v) is 11.2. The first-order chi connectivity index (χ1) is 17.3. The molecule has 2 aromatic rings. The Morgan fingerprint density at radius 2 is 1.84 bits per heavy atom. The van der Waals surface area contributed by atoms with Gasteiger partial charge in [0.05, 0.1) is 30.7 Å². The Morgan fingerprint density at radius 1 is 1.19 bits per heavy atom. The zero-order valence-corrected chi connectivity index (χ0v) is 23.2. The first-order valence-electron chi connectivity index (χ1n) is 12.1. The zero-order valence-electron chi connectivity index (χ0n) is 22.2. The Hall–Kier alpha value is -3.02. The number of nitro groups is 1. The summed E-state index contributed by atoms with van der Waals surface area (Å²) in [5.74, 6) is -1.07. The first-order valence-corrected chi connectivity index (χ1v) is 15.0. The summed E-state index contributed by atoms with van der Waals surface area (Å²) in [6.45, 7) is 10.9. The summed E-state index contributed by atoms with van der Waals surface area (Å²) < 4.78 is 38.6. The summed E-state index contributed by atoms with van der Waals surface area (Å²) in [5, 5.41) is 11.4. The lowest BCUT2D eigenvalue weighted by Crippen LogP contribution is -2.48. The molecule has 0 bridgehead atoms. The van der Waals surface area contributed by atoms with Crippen molar-refractivity contribution in [3.05, 3.63) is 69.5 Å². The number of halogens is 1. The maximum Gasteiger partial charge on any atom is 0.410 e. The van der Waals surface area contributed by atoms with E-state index >= 15 is 4.39 Å². The van der Waals surface area contributed by atoms with Crippen LogP contribution in [-0.2, 0) is 27.1 Å². The monoisotopic (exact) mass is 534 g/mol. The summed E-state index contributed by atoms with van der Waals surface area (Å²) in [4.78, 5) is 24.5. The molecule has 0 N–H and O–H groups in total. The third kappa shape index (κ3) is 7.27. The van der Waals surface area contributed by atoms with E-state index in [4.69, 9.17) is 18.6 Å². The third-order valence-electron chi connectivity index (χ3n) is 6.74. The minimum Gasteiger partial charge on any atom is -0.482 e. The second-order valence-electron chi connectivity index (χ2n) is 10.7. The summed E-state index contributed by atoms with van der Waals surface area (Å²) in [7, 11) is -0.703. The topological polar surface area (TPSA) is 100 Å². The van der Waals surface area contributed by atoms with Gasteiger partial charge in [-0.25, -0.2) is 9.18 Å². The molecule has 0 radical (unpaired) electrons. The average molecular weight is 535 g/mol. The highest BCUT2D eigenvalue weighted by atomic mass is 28.4. The normalized spacial score (nSPS) is 17.9. The van der Waals surface area contributed by atoms with Gasteiger partial charge < -0.3 is 23.5 Å². The molecule has 1 fully saturated rings. The van der Waals surface area contributed by atoms with E-state index in [1.165, 1.54) is 18.0 Å². The molecule has 9 nitrogen and oxygen atoms in total. The van der Waals surface area contributed by atoms with Crippen LogP contribution in [0.25, 0.3) is 0 Å². The van der Waals surface area contributed by atoms with Gasteiger partial charge in [0.2, 0.25) is 0 Å². The van der Waals surface area contributed by atoms with Crippen molar-refractivity contribution in [2.24, 2.45) is 0 Å². The van der Waals surface area contributed by atoms with E-state index in [2.05, 4.69) is 33.9 Å². The molecule has 37 heavy (non-hydrogen) atoms. The van der Waals surface area contributed by atoms with Crippen molar-refractivity contribution in [1.29, 1.82) is 0 Å². The molecule has 1 amide bonds. The predicted octanol–water partition coefficient (Wildman–Crippen LogP) is 5.67. The Kier molecular flexibility index (Phi) is 8.93. The van der Waals surface area contributed by atoms with Crippen LogP contribution in [0.4, 0.5) is 14.9 Å². The number of nitro benzene ring substituents is 1. The Bertz CT molecular complexity index is 1110. The van der Waals surface area contributed by atoms with Crippen molar-refractivity contribution in [3.63, 3.8) is 0 Å². The Labute approximate surface area is 217 Å². The van der Waals surface area contributed by atoms with Crippen LogP contribution in [0.15, 0.2) is 42.5 Å². The van der Waals surface area contributed by atoms with Gasteiger partial charge in [-0.1, -0.05) is 51.1 Å². The van der Waals surface area contributed by atoms with Gasteiger partial charge in [-0.15, -0.1) is 0 Å². The number of rotatable bonds is 9. The highest BCUT2D eigenvalue weighted by molar-refractivity contribution is 6.74. The molecule has 1 saturated heterocycles. The molecular weight excluding hydrogens is 499 g/mol. The van der Waals surface area contributed by atoms with Gasteiger partial charge in [0, 0.05) is 18.7 Å². The van der Waals surface area contributed by atoms with Crippen molar-refractivity contribution >= 4 is 20.1 Å². The van der Waals surface area contributed by atoms with Gasteiger partial charge in [0.1, 0.15) is 18.8 Å². The SMILES string of the molecule is CN(Cc1cc([N+](=O)[O-])cc(F)c1O[C@@H]1COC[C@H]1O[Si](C)(C)C(C)(C)C)C(=O)OCc1ccccc1. The zero-order chi connectivity index (χ0) is 27.4. The number of carbonyl (C=O) groups excluding carboxylic acids is 1. The molecule has 0 unspecified atom stereocenters. The lowest BCUT2D eigenvalue weighted by atomic mass is 10.1. The molecule has 2 aromatic carbocycles. The number of hydrogen-bond donors (Lipinski definition) is 0. The number of hydrogen-bond acceptors (Lipinski definition) is 7. The van der Waals surface area contributed by atoms with E-state index in [-0.39, 0.29) is 36.1 Å². The predicted molar refractivity (Wildman–Crippen MR) is 138 cm³/mol. The highest BCUT2D eigenvalue weighted by Crippen LogP contribution is 2.39. The Balaban J connectivity index is 1.79. The van der Waals surface area contributed by atoms with Crippen LogP contribution >= 0.6 is 0 Å². The first kappa shape index (κ1) is 28.5. The smallest absolute Gasteiger partial charge is 0.410 e. The van der Waals surface area contributed by atoms with Crippen LogP contribution in [0.2, 0.25) is 18.1 Å². The van der Waals surface area contributed by atoms with E-state index in [9.17, 15) is 14.9 Å². The molecule has 1 aliphatic heterocycles.